The average Bonchev–Trinajstić information content (AvgIpc) is 2.05. The quantitative estimate of drug-likeness (QED) is 0.199. The van der Waals surface area contributed by atoms with Gasteiger partial charge in [-0.1, -0.05) is 26.2 Å². The Morgan fingerprint density at radius 2 is 2.25 bits per heavy atom. The van der Waals surface area contributed by atoms with E-state index in [0.29, 0.717) is 6.61 Å². The zero-order valence-corrected chi connectivity index (χ0v) is 7.32. The van der Waals surface area contributed by atoms with Crippen LogP contribution in [-0.4, -0.2) is 23.6 Å². The lowest BCUT2D eigenvalue weighted by atomic mass is 10.2. The van der Waals surface area contributed by atoms with E-state index in [1.165, 1.54) is 0 Å². The summed E-state index contributed by atoms with van der Waals surface area (Å²) in [6, 6.07) is 0. The van der Waals surface area contributed by atoms with Gasteiger partial charge in [-0.05, 0) is 6.42 Å². The minimum atomic E-state index is -0.589. The summed E-state index contributed by atoms with van der Waals surface area (Å²) < 4.78 is 4.68. The molecule has 0 aromatic rings. The molecule has 4 nitrogen and oxygen atoms in total. The molecule has 0 unspecified atom stereocenters. The van der Waals surface area contributed by atoms with E-state index < -0.39 is 5.97 Å². The zero-order chi connectivity index (χ0) is 9.23. The minimum Gasteiger partial charge on any atom is -0.457 e. The summed E-state index contributed by atoms with van der Waals surface area (Å²) in [5, 5.41) is 0. The van der Waals surface area contributed by atoms with Gasteiger partial charge in [0.25, 0.3) is 0 Å². The molecule has 0 rings (SSSR count). The van der Waals surface area contributed by atoms with Crippen LogP contribution in [0.4, 0.5) is 0 Å². The number of ether oxygens (including phenoxy) is 1. The number of carbonyl (C=O) groups excluding carboxylic acids is 1. The number of hydrogen-bond acceptors (Lipinski definition) is 2. The minimum absolute atomic E-state index is 0.408. The molecule has 0 amide bonds. The Hall–Kier alpha value is -1.15. The fourth-order valence-electron chi connectivity index (χ4n) is 0.786. The van der Waals surface area contributed by atoms with E-state index in [4.69, 9.17) is 5.53 Å². The zero-order valence-electron chi connectivity index (χ0n) is 7.32. The van der Waals surface area contributed by atoms with Crippen LogP contribution < -0.4 is 0 Å². The highest BCUT2D eigenvalue weighted by Gasteiger charge is 2.00. The van der Waals surface area contributed by atoms with Crippen LogP contribution in [0.15, 0.2) is 0 Å². The molecular weight excluding hydrogens is 156 g/mol. The average molecular weight is 170 g/mol. The Morgan fingerprint density at radius 3 is 2.83 bits per heavy atom. The SMILES string of the molecule is CCCCCCOC(=O)C=[N+]=[N-]. The van der Waals surface area contributed by atoms with Gasteiger partial charge in [-0.25, -0.2) is 4.79 Å². The van der Waals surface area contributed by atoms with E-state index in [9.17, 15) is 4.79 Å². The standard InChI is InChI=1S/C8H14N2O2/c1-2-3-4-5-6-12-8(11)7-10-9/h7H,2-6H2,1H3. The van der Waals surface area contributed by atoms with Crippen LogP contribution >= 0.6 is 0 Å². The summed E-state index contributed by atoms with van der Waals surface area (Å²) >= 11 is 0. The lowest BCUT2D eigenvalue weighted by Gasteiger charge is -1.98. The highest BCUT2D eigenvalue weighted by molar-refractivity contribution is 6.20. The summed E-state index contributed by atoms with van der Waals surface area (Å²) in [6.07, 6.45) is 5.01. The number of unbranched alkanes of at least 4 members (excludes halogenated alkanes) is 3. The van der Waals surface area contributed by atoms with Gasteiger partial charge < -0.3 is 10.3 Å². The highest BCUT2D eigenvalue weighted by atomic mass is 16.5. The van der Waals surface area contributed by atoms with Gasteiger partial charge in [0.1, 0.15) is 0 Å². The van der Waals surface area contributed by atoms with Crippen molar-refractivity contribution in [3.8, 4) is 0 Å². The molecule has 0 N–H and O–H groups in total. The monoisotopic (exact) mass is 170 g/mol. The second-order valence-electron chi connectivity index (χ2n) is 2.47. The van der Waals surface area contributed by atoms with Gasteiger partial charge in [0.2, 0.25) is 0 Å². The Kier molecular flexibility index (Phi) is 7.19. The molecule has 0 bridgehead atoms. The Labute approximate surface area is 72.2 Å². The number of carbonyl (C=O) groups is 1. The molecule has 0 aliphatic heterocycles. The predicted molar refractivity (Wildman–Crippen MR) is 44.8 cm³/mol. The van der Waals surface area contributed by atoms with E-state index in [1.807, 2.05) is 0 Å². The van der Waals surface area contributed by atoms with Crippen molar-refractivity contribution in [2.24, 2.45) is 0 Å². The summed E-state index contributed by atoms with van der Waals surface area (Å²) in [5.41, 5.74) is 7.95. The van der Waals surface area contributed by atoms with Crippen molar-refractivity contribution in [3.05, 3.63) is 5.53 Å². The van der Waals surface area contributed by atoms with E-state index in [2.05, 4.69) is 16.5 Å². The third-order valence-electron chi connectivity index (χ3n) is 1.41. The molecule has 0 spiro atoms. The van der Waals surface area contributed by atoms with Crippen LogP contribution in [-0.2, 0) is 9.53 Å². The number of esters is 1. The van der Waals surface area contributed by atoms with Gasteiger partial charge in [-0.2, -0.15) is 4.79 Å². The molecule has 0 aromatic carbocycles. The molecule has 0 saturated carbocycles. The number of hydrogen-bond donors (Lipinski definition) is 0. The first-order valence-electron chi connectivity index (χ1n) is 4.15. The largest absolute Gasteiger partial charge is 0.457 e. The highest BCUT2D eigenvalue weighted by Crippen LogP contribution is 1.98. The van der Waals surface area contributed by atoms with Crippen molar-refractivity contribution >= 4 is 12.2 Å². The molecule has 0 heterocycles. The molecule has 0 aromatic heterocycles. The Morgan fingerprint density at radius 1 is 1.50 bits per heavy atom. The van der Waals surface area contributed by atoms with E-state index in [1.54, 1.807) is 0 Å². The maximum Gasteiger partial charge on any atom is 0.413 e. The van der Waals surface area contributed by atoms with Crippen LogP contribution in [0.1, 0.15) is 32.6 Å². The van der Waals surface area contributed by atoms with Gasteiger partial charge in [0.15, 0.2) is 0 Å². The lowest BCUT2D eigenvalue weighted by Crippen LogP contribution is -2.07. The van der Waals surface area contributed by atoms with Crippen molar-refractivity contribution in [2.75, 3.05) is 6.61 Å². The van der Waals surface area contributed by atoms with Gasteiger partial charge in [-0.3, -0.25) is 0 Å². The molecule has 68 valence electrons. The van der Waals surface area contributed by atoms with Crippen LogP contribution in [0.25, 0.3) is 5.53 Å². The first-order valence-corrected chi connectivity index (χ1v) is 4.15. The lowest BCUT2D eigenvalue weighted by molar-refractivity contribution is -0.139. The predicted octanol–water partition coefficient (Wildman–Crippen LogP) is 1.41. The second-order valence-corrected chi connectivity index (χ2v) is 2.47. The summed E-state index contributed by atoms with van der Waals surface area (Å²) in [4.78, 5) is 13.1. The van der Waals surface area contributed by atoms with Crippen LogP contribution in [0.3, 0.4) is 0 Å². The molecular formula is C8H14N2O2. The maximum absolute atomic E-state index is 10.5. The first-order chi connectivity index (χ1) is 5.81. The topological polar surface area (TPSA) is 62.7 Å². The van der Waals surface area contributed by atoms with Gasteiger partial charge in [0, 0.05) is 0 Å². The fourth-order valence-corrected chi connectivity index (χ4v) is 0.786. The molecule has 0 saturated heterocycles. The molecule has 0 atom stereocenters. The van der Waals surface area contributed by atoms with Gasteiger partial charge in [0.05, 0.1) is 6.61 Å². The summed E-state index contributed by atoms with van der Waals surface area (Å²) in [6.45, 7) is 2.52. The smallest absolute Gasteiger partial charge is 0.413 e. The Balaban J connectivity index is 3.19. The normalized spacial score (nSPS) is 8.75. The van der Waals surface area contributed by atoms with Gasteiger partial charge in [-0.15, -0.1) is 0 Å². The summed E-state index contributed by atoms with van der Waals surface area (Å²) in [7, 11) is 0. The van der Waals surface area contributed by atoms with E-state index in [-0.39, 0.29) is 0 Å². The molecule has 0 radical (unpaired) electrons. The van der Waals surface area contributed by atoms with Crippen molar-refractivity contribution in [1.82, 2.24) is 0 Å². The van der Waals surface area contributed by atoms with Crippen LogP contribution in [0.5, 0.6) is 0 Å². The van der Waals surface area contributed by atoms with Crippen molar-refractivity contribution in [3.63, 3.8) is 0 Å². The number of nitrogens with zero attached hydrogens (tertiary/aromatic N) is 2. The second kappa shape index (κ2) is 7.95. The third kappa shape index (κ3) is 6.96. The van der Waals surface area contributed by atoms with Crippen molar-refractivity contribution < 1.29 is 14.3 Å². The van der Waals surface area contributed by atoms with Crippen molar-refractivity contribution in [2.45, 2.75) is 32.6 Å². The van der Waals surface area contributed by atoms with Gasteiger partial charge >= 0.3 is 12.2 Å². The Bertz CT molecular complexity index is 174. The maximum atomic E-state index is 10.5. The third-order valence-corrected chi connectivity index (χ3v) is 1.41. The molecule has 12 heavy (non-hydrogen) atoms. The molecule has 4 heteroatoms. The van der Waals surface area contributed by atoms with E-state index >= 15 is 0 Å². The van der Waals surface area contributed by atoms with Crippen LogP contribution in [0, 0.1) is 0 Å². The number of rotatable bonds is 6. The molecule has 0 aliphatic carbocycles. The van der Waals surface area contributed by atoms with Crippen molar-refractivity contribution in [1.29, 1.82) is 0 Å². The van der Waals surface area contributed by atoms with E-state index in [0.717, 1.165) is 31.9 Å². The van der Waals surface area contributed by atoms with Crippen LogP contribution in [0.2, 0.25) is 0 Å². The molecule has 0 aliphatic rings. The molecule has 0 fully saturated rings. The summed E-state index contributed by atoms with van der Waals surface area (Å²) in [5.74, 6) is -0.589. The first kappa shape index (κ1) is 10.8. The fraction of sp³-hybridized carbons (Fsp3) is 0.750.